The molecular formula is C19H18F3N3O3. The summed E-state index contributed by atoms with van der Waals surface area (Å²) < 4.78 is 46.6. The van der Waals surface area contributed by atoms with Crippen LogP contribution in [0.5, 0.6) is 5.75 Å². The number of nitrogens with zero attached hydrogens (tertiary/aromatic N) is 3. The monoisotopic (exact) mass is 393 g/mol. The summed E-state index contributed by atoms with van der Waals surface area (Å²) in [5.41, 5.74) is 0.942. The van der Waals surface area contributed by atoms with E-state index in [9.17, 15) is 18.0 Å². The number of cyclic esters (lactones) is 1. The van der Waals surface area contributed by atoms with Crippen molar-refractivity contribution in [2.24, 2.45) is 0 Å². The number of hydrogen-bond acceptors (Lipinski definition) is 5. The number of carbonyl (C=O) groups excluding carboxylic acids is 1. The molecule has 0 saturated carbocycles. The molecule has 2 saturated heterocycles. The Kier molecular flexibility index (Phi) is 4.62. The predicted octanol–water partition coefficient (Wildman–Crippen LogP) is 3.58. The van der Waals surface area contributed by atoms with Gasteiger partial charge >= 0.3 is 12.5 Å². The van der Waals surface area contributed by atoms with E-state index in [0.29, 0.717) is 31.6 Å². The quantitative estimate of drug-likeness (QED) is 0.795. The molecule has 2 aliphatic rings. The molecule has 2 aliphatic heterocycles. The molecule has 2 aromatic rings. The van der Waals surface area contributed by atoms with Gasteiger partial charge in [0, 0.05) is 32.0 Å². The van der Waals surface area contributed by atoms with Crippen molar-refractivity contribution in [3.63, 3.8) is 0 Å². The third kappa shape index (κ3) is 3.75. The van der Waals surface area contributed by atoms with Crippen LogP contribution in [0, 0.1) is 0 Å². The summed E-state index contributed by atoms with van der Waals surface area (Å²) in [6, 6.07) is 9.47. The Balaban J connectivity index is 1.48. The van der Waals surface area contributed by atoms with E-state index < -0.39 is 18.0 Å². The second-order valence-corrected chi connectivity index (χ2v) is 6.98. The first-order valence-corrected chi connectivity index (χ1v) is 8.79. The number of benzene rings is 1. The van der Waals surface area contributed by atoms with Gasteiger partial charge in [-0.15, -0.1) is 13.2 Å². The van der Waals surface area contributed by atoms with Crippen molar-refractivity contribution in [3.05, 3.63) is 54.4 Å². The first-order valence-electron chi connectivity index (χ1n) is 8.79. The number of carbonyl (C=O) groups is 1. The summed E-state index contributed by atoms with van der Waals surface area (Å²) in [6.45, 7) is 1.99. The minimum Gasteiger partial charge on any atom is -0.447 e. The number of alkyl halides is 3. The maximum Gasteiger partial charge on any atom is 0.573 e. The normalized spacial score (nSPS) is 22.7. The molecular weight excluding hydrogens is 375 g/mol. The molecule has 9 heteroatoms. The van der Waals surface area contributed by atoms with Crippen LogP contribution in [-0.4, -0.2) is 47.6 Å². The number of ether oxygens (including phenoxy) is 2. The molecule has 1 atom stereocenters. The predicted molar refractivity (Wildman–Crippen MR) is 93.8 cm³/mol. The van der Waals surface area contributed by atoms with Gasteiger partial charge in [0.25, 0.3) is 0 Å². The zero-order chi connectivity index (χ0) is 19.8. The van der Waals surface area contributed by atoms with Crippen LogP contribution in [0.4, 0.5) is 23.7 Å². The molecule has 1 aromatic heterocycles. The van der Waals surface area contributed by atoms with Gasteiger partial charge in [0.05, 0.1) is 11.2 Å². The minimum absolute atomic E-state index is 0.239. The number of aromatic nitrogens is 1. The smallest absolute Gasteiger partial charge is 0.447 e. The summed E-state index contributed by atoms with van der Waals surface area (Å²) >= 11 is 0. The summed E-state index contributed by atoms with van der Waals surface area (Å²) in [6.07, 6.45) is -1.17. The molecule has 3 heterocycles. The van der Waals surface area contributed by atoms with Gasteiger partial charge in [-0.25, -0.2) is 4.79 Å². The molecule has 0 bridgehead atoms. The summed E-state index contributed by atoms with van der Waals surface area (Å²) in [5, 5.41) is 0. The van der Waals surface area contributed by atoms with Crippen LogP contribution < -0.4 is 9.64 Å². The lowest BCUT2D eigenvalue weighted by Crippen LogP contribution is -2.49. The first kappa shape index (κ1) is 18.5. The van der Waals surface area contributed by atoms with Crippen molar-refractivity contribution in [3.8, 4) is 5.75 Å². The largest absolute Gasteiger partial charge is 0.573 e. The average molecular weight is 393 g/mol. The fourth-order valence-electron chi connectivity index (χ4n) is 3.87. The molecule has 0 radical (unpaired) electrons. The molecule has 6 nitrogen and oxygen atoms in total. The van der Waals surface area contributed by atoms with Crippen LogP contribution in [0.3, 0.4) is 0 Å². The van der Waals surface area contributed by atoms with Crippen LogP contribution >= 0.6 is 0 Å². The second kappa shape index (κ2) is 6.97. The molecule has 1 unspecified atom stereocenters. The molecule has 0 N–H and O–H groups in total. The Hall–Kier alpha value is -2.81. The Morgan fingerprint density at radius 3 is 2.75 bits per heavy atom. The molecule has 4 rings (SSSR count). The zero-order valence-electron chi connectivity index (χ0n) is 14.9. The zero-order valence-corrected chi connectivity index (χ0v) is 14.9. The fourth-order valence-corrected chi connectivity index (χ4v) is 3.87. The van der Waals surface area contributed by atoms with Crippen molar-refractivity contribution in [2.75, 3.05) is 24.6 Å². The van der Waals surface area contributed by atoms with Gasteiger partial charge in [-0.2, -0.15) is 0 Å². The van der Waals surface area contributed by atoms with Gasteiger partial charge in [0.15, 0.2) is 0 Å². The number of rotatable bonds is 4. The summed E-state index contributed by atoms with van der Waals surface area (Å²) in [5.74, 6) is -0.239. The SMILES string of the molecule is O=C1OCC2(CCN(Cc3cccc(OC(F)(F)F)c3)C2)N1c1ccncc1. The maximum absolute atomic E-state index is 12.4. The number of amides is 1. The number of halogens is 3. The lowest BCUT2D eigenvalue weighted by atomic mass is 9.98. The molecule has 2 fully saturated rings. The van der Waals surface area contributed by atoms with E-state index in [2.05, 4.69) is 14.6 Å². The summed E-state index contributed by atoms with van der Waals surface area (Å²) in [4.78, 5) is 20.1. The van der Waals surface area contributed by atoms with E-state index in [1.165, 1.54) is 18.2 Å². The third-order valence-corrected chi connectivity index (χ3v) is 4.99. The van der Waals surface area contributed by atoms with Crippen LogP contribution in [0.2, 0.25) is 0 Å². The standard InChI is InChI=1S/C19H18F3N3O3/c20-19(21,22)28-16-3-1-2-14(10-16)11-24-9-6-18(12-24)13-27-17(26)25(18)15-4-7-23-8-5-15/h1-5,7-8,10H,6,9,11-13H2. The minimum atomic E-state index is -4.72. The van der Waals surface area contributed by atoms with Gasteiger partial charge in [-0.3, -0.25) is 14.8 Å². The molecule has 1 amide bonds. The molecule has 0 aliphatic carbocycles. The number of anilines is 1. The number of pyridine rings is 1. The highest BCUT2D eigenvalue weighted by molar-refractivity contribution is 5.91. The molecule has 1 spiro atoms. The average Bonchev–Trinajstić information content (AvgIpc) is 3.18. The van der Waals surface area contributed by atoms with Gasteiger partial charge in [-0.1, -0.05) is 12.1 Å². The Bertz CT molecular complexity index is 862. The van der Waals surface area contributed by atoms with Crippen molar-refractivity contribution >= 4 is 11.8 Å². The van der Waals surface area contributed by atoms with Gasteiger partial charge in [0.2, 0.25) is 0 Å². The van der Waals surface area contributed by atoms with Crippen molar-refractivity contribution in [2.45, 2.75) is 24.9 Å². The van der Waals surface area contributed by atoms with E-state index in [-0.39, 0.29) is 12.4 Å². The first-order chi connectivity index (χ1) is 13.3. The summed E-state index contributed by atoms with van der Waals surface area (Å²) in [7, 11) is 0. The number of likely N-dealkylation sites (tertiary alicyclic amines) is 1. The fraction of sp³-hybridized carbons (Fsp3) is 0.368. The molecule has 1 aromatic carbocycles. The van der Waals surface area contributed by atoms with Gasteiger partial charge in [0.1, 0.15) is 12.4 Å². The van der Waals surface area contributed by atoms with Crippen LogP contribution in [0.1, 0.15) is 12.0 Å². The third-order valence-electron chi connectivity index (χ3n) is 4.99. The van der Waals surface area contributed by atoms with Gasteiger partial charge in [-0.05, 0) is 36.2 Å². The Labute approximate surface area is 159 Å². The van der Waals surface area contributed by atoms with Crippen LogP contribution in [0.25, 0.3) is 0 Å². The van der Waals surface area contributed by atoms with E-state index in [0.717, 1.165) is 5.69 Å². The van der Waals surface area contributed by atoms with E-state index in [1.807, 2.05) is 0 Å². The highest BCUT2D eigenvalue weighted by atomic mass is 19.4. The highest BCUT2D eigenvalue weighted by Gasteiger charge is 2.52. The highest BCUT2D eigenvalue weighted by Crippen LogP contribution is 2.38. The van der Waals surface area contributed by atoms with Crippen LogP contribution in [-0.2, 0) is 11.3 Å². The number of hydrogen-bond donors (Lipinski definition) is 0. The maximum atomic E-state index is 12.4. The van der Waals surface area contributed by atoms with Crippen molar-refractivity contribution in [1.82, 2.24) is 9.88 Å². The van der Waals surface area contributed by atoms with Crippen LogP contribution in [0.15, 0.2) is 48.8 Å². The molecule has 28 heavy (non-hydrogen) atoms. The topological polar surface area (TPSA) is 54.9 Å². The van der Waals surface area contributed by atoms with E-state index in [1.54, 1.807) is 35.5 Å². The molecule has 148 valence electrons. The lowest BCUT2D eigenvalue weighted by Gasteiger charge is -2.31. The van der Waals surface area contributed by atoms with Crippen molar-refractivity contribution in [1.29, 1.82) is 0 Å². The van der Waals surface area contributed by atoms with Crippen molar-refractivity contribution < 1.29 is 27.4 Å². The van der Waals surface area contributed by atoms with E-state index >= 15 is 0 Å². The Morgan fingerprint density at radius 2 is 2.00 bits per heavy atom. The lowest BCUT2D eigenvalue weighted by molar-refractivity contribution is -0.274. The Morgan fingerprint density at radius 1 is 1.21 bits per heavy atom. The van der Waals surface area contributed by atoms with Gasteiger partial charge < -0.3 is 9.47 Å². The van der Waals surface area contributed by atoms with E-state index in [4.69, 9.17) is 4.74 Å². The second-order valence-electron chi connectivity index (χ2n) is 6.98.